The molecule has 2 aromatic rings. The van der Waals surface area contributed by atoms with Crippen molar-refractivity contribution < 1.29 is 23.3 Å². The van der Waals surface area contributed by atoms with Crippen LogP contribution in [-0.2, 0) is 13.8 Å². The number of rotatable bonds is 11. The predicted molar refractivity (Wildman–Crippen MR) is 99.6 cm³/mol. The number of para-hydroxylation sites is 2. The molecule has 1 aromatic carbocycles. The van der Waals surface area contributed by atoms with E-state index in [-0.39, 0.29) is 11.6 Å². The van der Waals surface area contributed by atoms with Crippen LogP contribution in [0.5, 0.6) is 0 Å². The maximum atomic E-state index is 12.4. The normalized spacial score (nSPS) is 13.5. The zero-order valence-corrected chi connectivity index (χ0v) is 16.0. The number of fused-ring (bicyclic) bond motifs is 1. The molecule has 0 fully saturated rings. The van der Waals surface area contributed by atoms with Gasteiger partial charge in [-0.3, -0.25) is 9.59 Å². The Morgan fingerprint density at radius 3 is 2.73 bits per heavy atom. The first-order chi connectivity index (χ1) is 12.5. The summed E-state index contributed by atoms with van der Waals surface area (Å²) < 4.78 is 10.7. The number of nitrogens with zero attached hydrogens (tertiary/aromatic N) is 1. The fourth-order valence-corrected chi connectivity index (χ4v) is 3.44. The molecule has 7 heteroatoms. The molecular weight excluding hydrogens is 354 g/mol. The molecule has 0 bridgehead atoms. The van der Waals surface area contributed by atoms with Crippen LogP contribution in [0.2, 0.25) is 0 Å². The second-order valence-corrected chi connectivity index (χ2v) is 7.06. The van der Waals surface area contributed by atoms with Gasteiger partial charge in [0.2, 0.25) is 0 Å². The van der Waals surface area contributed by atoms with Crippen LogP contribution in [0.25, 0.3) is 11.1 Å². The van der Waals surface area contributed by atoms with Crippen molar-refractivity contribution in [2.75, 3.05) is 0 Å². The largest absolute Gasteiger partial charge is 0.481 e. The molecule has 0 amide bonds. The van der Waals surface area contributed by atoms with E-state index in [0.717, 1.165) is 37.7 Å². The van der Waals surface area contributed by atoms with Gasteiger partial charge >= 0.3 is 11.9 Å². The molecule has 1 heterocycles. The molecule has 0 aliphatic rings. The maximum Gasteiger partial charge on any atom is 0.322 e. The minimum absolute atomic E-state index is 0.227. The molecule has 142 valence electrons. The molecule has 0 spiro atoms. The van der Waals surface area contributed by atoms with Crippen LogP contribution in [0, 0.1) is 11.8 Å². The van der Waals surface area contributed by atoms with Gasteiger partial charge in [-0.2, -0.15) is 0 Å². The van der Waals surface area contributed by atoms with Gasteiger partial charge in [0.25, 0.3) is 5.22 Å². The molecule has 2 atom stereocenters. The predicted octanol–water partition coefficient (Wildman–Crippen LogP) is 5.08. The Kier molecular flexibility index (Phi) is 7.97. The molecule has 1 aromatic heterocycles. The third kappa shape index (κ3) is 6.05. The van der Waals surface area contributed by atoms with E-state index < -0.39 is 17.9 Å². The van der Waals surface area contributed by atoms with Crippen LogP contribution in [0.4, 0.5) is 0 Å². The topological polar surface area (TPSA) is 89.6 Å². The quantitative estimate of drug-likeness (QED) is 0.545. The van der Waals surface area contributed by atoms with Crippen LogP contribution in [-0.4, -0.2) is 22.0 Å². The van der Waals surface area contributed by atoms with Crippen LogP contribution >= 0.6 is 12.0 Å². The Bertz CT molecular complexity index is 697. The Morgan fingerprint density at radius 2 is 2.08 bits per heavy atom. The van der Waals surface area contributed by atoms with Gasteiger partial charge in [0, 0.05) is 0 Å². The van der Waals surface area contributed by atoms with Crippen molar-refractivity contribution in [3.8, 4) is 0 Å². The Hall–Kier alpha value is -2.02. The van der Waals surface area contributed by atoms with Crippen LogP contribution in [0.3, 0.4) is 0 Å². The van der Waals surface area contributed by atoms with Gasteiger partial charge in [-0.15, -0.1) is 0 Å². The summed E-state index contributed by atoms with van der Waals surface area (Å²) in [4.78, 5) is 27.8. The van der Waals surface area contributed by atoms with E-state index in [2.05, 4.69) is 18.8 Å². The molecule has 1 N–H and O–H groups in total. The number of carboxylic acid groups (broad SMARTS) is 1. The molecule has 0 aliphatic carbocycles. The Morgan fingerprint density at radius 1 is 1.31 bits per heavy atom. The lowest BCUT2D eigenvalue weighted by Gasteiger charge is -2.19. The number of unbranched alkanes of at least 4 members (excludes halogenated alkanes) is 1. The van der Waals surface area contributed by atoms with Crippen LogP contribution in [0.15, 0.2) is 33.9 Å². The van der Waals surface area contributed by atoms with Gasteiger partial charge in [-0.25, -0.2) is 4.98 Å². The highest BCUT2D eigenvalue weighted by molar-refractivity contribution is 7.94. The lowest BCUT2D eigenvalue weighted by Crippen LogP contribution is -2.22. The second kappa shape index (κ2) is 10.2. The van der Waals surface area contributed by atoms with Gasteiger partial charge in [0.15, 0.2) is 17.6 Å². The fourth-order valence-electron chi connectivity index (χ4n) is 2.89. The molecule has 6 nitrogen and oxygen atoms in total. The van der Waals surface area contributed by atoms with Crippen molar-refractivity contribution in [2.45, 2.75) is 57.6 Å². The van der Waals surface area contributed by atoms with Gasteiger partial charge in [0.05, 0.1) is 12.3 Å². The number of carboxylic acids is 1. The Labute approximate surface area is 157 Å². The van der Waals surface area contributed by atoms with Crippen molar-refractivity contribution in [1.82, 2.24) is 4.98 Å². The lowest BCUT2D eigenvalue weighted by atomic mass is 9.87. The molecule has 0 aliphatic heterocycles. The zero-order valence-electron chi connectivity index (χ0n) is 15.1. The van der Waals surface area contributed by atoms with Crippen molar-refractivity contribution in [3.05, 3.63) is 24.3 Å². The number of aromatic nitrogens is 1. The highest BCUT2D eigenvalue weighted by atomic mass is 32.2. The molecule has 26 heavy (non-hydrogen) atoms. The first-order valence-corrected chi connectivity index (χ1v) is 9.73. The summed E-state index contributed by atoms with van der Waals surface area (Å²) in [6.45, 7) is 4.18. The summed E-state index contributed by atoms with van der Waals surface area (Å²) in [7, 11) is 0. The number of benzene rings is 1. The summed E-state index contributed by atoms with van der Waals surface area (Å²) in [5.41, 5.74) is 1.29. The van der Waals surface area contributed by atoms with Crippen molar-refractivity contribution >= 4 is 35.1 Å². The van der Waals surface area contributed by atoms with E-state index in [4.69, 9.17) is 13.7 Å². The fraction of sp³-hybridized carbons (Fsp3) is 0.526. The van der Waals surface area contributed by atoms with E-state index in [0.29, 0.717) is 23.4 Å². The highest BCUT2D eigenvalue weighted by Gasteiger charge is 2.27. The third-order valence-corrected chi connectivity index (χ3v) is 4.95. The molecule has 0 saturated heterocycles. The Balaban J connectivity index is 1.97. The average Bonchev–Trinajstić information content (AvgIpc) is 3.04. The first-order valence-electron chi connectivity index (χ1n) is 8.99. The number of carbonyl (C=O) groups excluding carboxylic acids is 1. The van der Waals surface area contributed by atoms with Gasteiger partial charge in [-0.1, -0.05) is 51.7 Å². The molecule has 2 rings (SSSR count). The van der Waals surface area contributed by atoms with E-state index in [1.165, 1.54) is 0 Å². The van der Waals surface area contributed by atoms with Crippen molar-refractivity contribution in [2.24, 2.45) is 11.8 Å². The maximum absolute atomic E-state index is 12.4. The van der Waals surface area contributed by atoms with Gasteiger partial charge in [0.1, 0.15) is 5.52 Å². The zero-order chi connectivity index (χ0) is 18.9. The standard InChI is InChI=1S/C19H25NO5S/c1-3-5-8-13(4-2)11-14(12-17(21)22)18(23)25-26-19-20-15-9-6-7-10-16(15)24-19/h6-7,9-10,13-14H,3-5,8,11-12H2,1-2H3,(H,21,22). The number of hydrogen-bond acceptors (Lipinski definition) is 6. The van der Waals surface area contributed by atoms with Crippen molar-refractivity contribution in [3.63, 3.8) is 0 Å². The van der Waals surface area contributed by atoms with Gasteiger partial charge in [-0.05, 0) is 24.5 Å². The van der Waals surface area contributed by atoms with E-state index >= 15 is 0 Å². The average molecular weight is 379 g/mol. The summed E-state index contributed by atoms with van der Waals surface area (Å²) in [5, 5.41) is 9.36. The minimum Gasteiger partial charge on any atom is -0.481 e. The van der Waals surface area contributed by atoms with Gasteiger partial charge < -0.3 is 13.7 Å². The number of oxazole rings is 1. The SMILES string of the molecule is CCCCC(CC)CC(CC(=O)O)C(=O)OSc1nc2ccccc2o1. The monoisotopic (exact) mass is 379 g/mol. The lowest BCUT2D eigenvalue weighted by molar-refractivity contribution is -0.146. The smallest absolute Gasteiger partial charge is 0.322 e. The minimum atomic E-state index is -0.996. The second-order valence-electron chi connectivity index (χ2n) is 6.38. The number of aliphatic carboxylic acids is 1. The number of carbonyl (C=O) groups is 2. The van der Waals surface area contributed by atoms with Crippen molar-refractivity contribution in [1.29, 1.82) is 0 Å². The summed E-state index contributed by atoms with van der Waals surface area (Å²) in [6.07, 6.45) is 4.37. The summed E-state index contributed by atoms with van der Waals surface area (Å²) in [6, 6.07) is 7.26. The summed E-state index contributed by atoms with van der Waals surface area (Å²) in [5.74, 6) is -1.87. The summed E-state index contributed by atoms with van der Waals surface area (Å²) >= 11 is 0.742. The van der Waals surface area contributed by atoms with Crippen LogP contribution < -0.4 is 0 Å². The number of hydrogen-bond donors (Lipinski definition) is 1. The molecule has 2 unspecified atom stereocenters. The third-order valence-electron chi connectivity index (χ3n) is 4.38. The van der Waals surface area contributed by atoms with E-state index in [1.807, 2.05) is 12.1 Å². The van der Waals surface area contributed by atoms with E-state index in [1.54, 1.807) is 12.1 Å². The first kappa shape index (κ1) is 20.3. The highest BCUT2D eigenvalue weighted by Crippen LogP contribution is 2.29. The molecule has 0 radical (unpaired) electrons. The van der Waals surface area contributed by atoms with E-state index in [9.17, 15) is 9.59 Å². The van der Waals surface area contributed by atoms with Crippen LogP contribution in [0.1, 0.15) is 52.4 Å². The molecular formula is C19H25NO5S. The molecule has 0 saturated carbocycles.